The van der Waals surface area contributed by atoms with Crippen molar-refractivity contribution < 1.29 is 24.3 Å². The van der Waals surface area contributed by atoms with Gasteiger partial charge in [0.15, 0.2) is 18.1 Å². The van der Waals surface area contributed by atoms with Crippen molar-refractivity contribution >= 4 is 39.2 Å². The third kappa shape index (κ3) is 5.31. The average molecular weight is 447 g/mol. The molecule has 0 fully saturated rings. The van der Waals surface area contributed by atoms with E-state index in [0.717, 1.165) is 0 Å². The van der Waals surface area contributed by atoms with Gasteiger partial charge in [-0.05, 0) is 52.2 Å². The van der Waals surface area contributed by atoms with Crippen molar-refractivity contribution in [2.45, 2.75) is 6.92 Å². The smallest absolute Gasteiger partial charge is 0.341 e. The van der Waals surface area contributed by atoms with Crippen LogP contribution < -0.4 is 9.47 Å². The highest BCUT2D eigenvalue weighted by Gasteiger charge is 2.14. The third-order valence-corrected chi connectivity index (χ3v) is 4.06. The number of aliphatic carboxylic acids is 1. The quantitative estimate of drug-likeness (QED) is 0.277. The largest absolute Gasteiger partial charge is 0.490 e. The van der Waals surface area contributed by atoms with Crippen LogP contribution in [0.1, 0.15) is 18.1 Å². The molecule has 28 heavy (non-hydrogen) atoms. The normalized spacial score (nSPS) is 10.8. The van der Waals surface area contributed by atoms with Gasteiger partial charge in [-0.3, -0.25) is 10.1 Å². The van der Waals surface area contributed by atoms with Crippen molar-refractivity contribution in [2.24, 2.45) is 0 Å². The van der Waals surface area contributed by atoms with Crippen LogP contribution in [0, 0.1) is 21.4 Å². The zero-order chi connectivity index (χ0) is 20.7. The highest BCUT2D eigenvalue weighted by molar-refractivity contribution is 9.10. The second kappa shape index (κ2) is 9.53. The van der Waals surface area contributed by atoms with Crippen molar-refractivity contribution in [1.29, 1.82) is 5.26 Å². The first-order valence-electron chi connectivity index (χ1n) is 8.03. The molecule has 0 aromatic heterocycles. The maximum atomic E-state index is 11.0. The van der Waals surface area contributed by atoms with Crippen LogP contribution in [-0.2, 0) is 4.79 Å². The number of carboxylic acids is 1. The Balaban J connectivity index is 2.48. The Morgan fingerprint density at radius 3 is 2.71 bits per heavy atom. The lowest BCUT2D eigenvalue weighted by molar-refractivity contribution is -0.384. The zero-order valence-corrected chi connectivity index (χ0v) is 16.3. The van der Waals surface area contributed by atoms with E-state index in [1.807, 2.05) is 6.07 Å². The van der Waals surface area contributed by atoms with E-state index in [0.29, 0.717) is 28.0 Å². The molecule has 0 heterocycles. The second-order valence-corrected chi connectivity index (χ2v) is 6.28. The van der Waals surface area contributed by atoms with Gasteiger partial charge in [0.25, 0.3) is 5.69 Å². The zero-order valence-electron chi connectivity index (χ0n) is 14.7. The number of halogens is 1. The number of hydrogen-bond donors (Lipinski definition) is 1. The standard InChI is InChI=1S/C19H15BrN2O6/c1-2-27-17-8-12(7-16(20)19(17)28-11-18(23)24)6-14(10-21)13-4-3-5-15(9-13)22(25)26/h3-9H,2,11H2,1H3,(H,23,24). The molecular formula is C19H15BrN2O6. The fourth-order valence-electron chi connectivity index (χ4n) is 2.34. The Morgan fingerprint density at radius 1 is 1.36 bits per heavy atom. The maximum absolute atomic E-state index is 11.0. The molecule has 0 saturated heterocycles. The van der Waals surface area contributed by atoms with Crippen molar-refractivity contribution in [2.75, 3.05) is 13.2 Å². The number of nitrogens with zero attached hydrogens (tertiary/aromatic N) is 2. The van der Waals surface area contributed by atoms with Crippen molar-refractivity contribution in [3.8, 4) is 17.6 Å². The van der Waals surface area contributed by atoms with E-state index in [1.54, 1.807) is 31.2 Å². The molecule has 2 rings (SSSR count). The molecule has 1 N–H and O–H groups in total. The van der Waals surface area contributed by atoms with E-state index in [9.17, 15) is 20.2 Å². The predicted octanol–water partition coefficient (Wildman–Crippen LogP) is 4.28. The monoisotopic (exact) mass is 446 g/mol. The fourth-order valence-corrected chi connectivity index (χ4v) is 2.92. The Labute approximate surface area is 168 Å². The number of nitriles is 1. The number of carboxylic acid groups (broad SMARTS) is 1. The van der Waals surface area contributed by atoms with E-state index >= 15 is 0 Å². The first-order chi connectivity index (χ1) is 13.3. The fraction of sp³-hybridized carbons (Fsp3) is 0.158. The average Bonchev–Trinajstić information content (AvgIpc) is 2.65. The number of nitro groups is 1. The molecule has 8 nitrogen and oxygen atoms in total. The number of rotatable bonds is 8. The summed E-state index contributed by atoms with van der Waals surface area (Å²) < 4.78 is 11.2. The van der Waals surface area contributed by atoms with Gasteiger partial charge >= 0.3 is 5.97 Å². The van der Waals surface area contributed by atoms with Crippen LogP contribution in [0.3, 0.4) is 0 Å². The molecule has 0 radical (unpaired) electrons. The van der Waals surface area contributed by atoms with Gasteiger partial charge in [-0.25, -0.2) is 4.79 Å². The first-order valence-corrected chi connectivity index (χ1v) is 8.82. The molecule has 0 bridgehead atoms. The summed E-state index contributed by atoms with van der Waals surface area (Å²) in [7, 11) is 0. The Hall–Kier alpha value is -3.38. The molecule has 0 aliphatic carbocycles. The molecule has 0 aliphatic heterocycles. The molecule has 2 aromatic carbocycles. The molecule has 9 heteroatoms. The summed E-state index contributed by atoms with van der Waals surface area (Å²) in [5, 5.41) is 29.3. The van der Waals surface area contributed by atoms with Crippen LogP contribution in [0.5, 0.6) is 11.5 Å². The number of non-ortho nitro benzene ring substituents is 1. The number of benzene rings is 2. The maximum Gasteiger partial charge on any atom is 0.341 e. The molecular weight excluding hydrogens is 432 g/mol. The van der Waals surface area contributed by atoms with Gasteiger partial charge in [0.2, 0.25) is 0 Å². The van der Waals surface area contributed by atoms with Gasteiger partial charge in [0, 0.05) is 12.1 Å². The summed E-state index contributed by atoms with van der Waals surface area (Å²) in [6.07, 6.45) is 1.55. The van der Waals surface area contributed by atoms with Gasteiger partial charge in [-0.1, -0.05) is 12.1 Å². The van der Waals surface area contributed by atoms with E-state index < -0.39 is 17.5 Å². The summed E-state index contributed by atoms with van der Waals surface area (Å²) in [5.74, 6) is -0.591. The highest BCUT2D eigenvalue weighted by atomic mass is 79.9. The summed E-state index contributed by atoms with van der Waals surface area (Å²) in [6, 6.07) is 11.0. The lowest BCUT2D eigenvalue weighted by Gasteiger charge is -2.13. The van der Waals surface area contributed by atoms with Crippen LogP contribution in [0.15, 0.2) is 40.9 Å². The number of allylic oxidation sites excluding steroid dienone is 1. The van der Waals surface area contributed by atoms with Crippen LogP contribution in [-0.4, -0.2) is 29.2 Å². The summed E-state index contributed by atoms with van der Waals surface area (Å²) >= 11 is 3.32. The number of nitro benzene ring substituents is 1. The van der Waals surface area contributed by atoms with Crippen molar-refractivity contribution in [3.05, 3.63) is 62.1 Å². The molecule has 2 aromatic rings. The van der Waals surface area contributed by atoms with Gasteiger partial charge in [-0.2, -0.15) is 5.26 Å². The van der Waals surface area contributed by atoms with Gasteiger partial charge in [0.1, 0.15) is 0 Å². The Bertz CT molecular complexity index is 981. The van der Waals surface area contributed by atoms with Crippen LogP contribution in [0.2, 0.25) is 0 Å². The van der Waals surface area contributed by atoms with Gasteiger partial charge in [-0.15, -0.1) is 0 Å². The molecule has 0 amide bonds. The molecule has 0 saturated carbocycles. The van der Waals surface area contributed by atoms with Gasteiger partial charge in [0.05, 0.1) is 27.6 Å². The van der Waals surface area contributed by atoms with E-state index in [1.165, 1.54) is 18.2 Å². The van der Waals surface area contributed by atoms with Gasteiger partial charge < -0.3 is 14.6 Å². The number of ether oxygens (including phenoxy) is 2. The van der Waals surface area contributed by atoms with Crippen molar-refractivity contribution in [1.82, 2.24) is 0 Å². The van der Waals surface area contributed by atoms with E-state index in [2.05, 4.69) is 15.9 Å². The van der Waals surface area contributed by atoms with E-state index in [-0.39, 0.29) is 17.0 Å². The lowest BCUT2D eigenvalue weighted by atomic mass is 10.0. The minimum atomic E-state index is -1.13. The second-order valence-electron chi connectivity index (χ2n) is 5.42. The van der Waals surface area contributed by atoms with Crippen LogP contribution >= 0.6 is 15.9 Å². The molecule has 0 aliphatic rings. The van der Waals surface area contributed by atoms with Crippen LogP contribution in [0.4, 0.5) is 5.69 Å². The molecule has 0 unspecified atom stereocenters. The molecule has 0 atom stereocenters. The first kappa shape index (κ1) is 20.9. The summed E-state index contributed by atoms with van der Waals surface area (Å²) in [5.41, 5.74) is 1.07. The van der Waals surface area contributed by atoms with Crippen molar-refractivity contribution in [3.63, 3.8) is 0 Å². The summed E-state index contributed by atoms with van der Waals surface area (Å²) in [6.45, 7) is 1.55. The third-order valence-electron chi connectivity index (χ3n) is 3.47. The predicted molar refractivity (Wildman–Crippen MR) is 105 cm³/mol. The van der Waals surface area contributed by atoms with E-state index in [4.69, 9.17) is 14.6 Å². The Kier molecular flexibility index (Phi) is 7.12. The SMILES string of the molecule is CCOc1cc(C=C(C#N)c2cccc([N+](=O)[O-])c2)cc(Br)c1OCC(=O)O. The Morgan fingerprint density at radius 2 is 2.11 bits per heavy atom. The topological polar surface area (TPSA) is 123 Å². The lowest BCUT2D eigenvalue weighted by Crippen LogP contribution is -2.10. The highest BCUT2D eigenvalue weighted by Crippen LogP contribution is 2.38. The molecule has 0 spiro atoms. The van der Waals surface area contributed by atoms with Crippen LogP contribution in [0.25, 0.3) is 11.6 Å². The number of hydrogen-bond acceptors (Lipinski definition) is 6. The minimum Gasteiger partial charge on any atom is -0.490 e. The number of carbonyl (C=O) groups is 1. The minimum absolute atomic E-state index is 0.118. The summed E-state index contributed by atoms with van der Waals surface area (Å²) in [4.78, 5) is 21.2. The molecule has 144 valence electrons.